The van der Waals surface area contributed by atoms with Gasteiger partial charge in [-0.25, -0.2) is 0 Å². The van der Waals surface area contributed by atoms with Crippen molar-refractivity contribution in [1.29, 1.82) is 0 Å². The molecule has 102 valence electrons. The molecule has 1 fully saturated rings. The van der Waals surface area contributed by atoms with E-state index in [-0.39, 0.29) is 11.6 Å². The number of ether oxygens (including phenoxy) is 1. The van der Waals surface area contributed by atoms with Gasteiger partial charge in [0.05, 0.1) is 5.60 Å². The van der Waals surface area contributed by atoms with Crippen molar-refractivity contribution in [2.24, 2.45) is 11.7 Å². The molecule has 1 aliphatic rings. The van der Waals surface area contributed by atoms with Gasteiger partial charge in [-0.2, -0.15) is 0 Å². The SMILES string of the molecule is CCOC1(C(N)CC(CC)CC)CCCCC1. The van der Waals surface area contributed by atoms with Crippen LogP contribution in [0.15, 0.2) is 0 Å². The van der Waals surface area contributed by atoms with E-state index in [4.69, 9.17) is 10.5 Å². The summed E-state index contributed by atoms with van der Waals surface area (Å²) in [4.78, 5) is 0. The van der Waals surface area contributed by atoms with Crippen LogP contribution in [0.5, 0.6) is 0 Å². The Hall–Kier alpha value is -0.0800. The van der Waals surface area contributed by atoms with E-state index in [1.54, 1.807) is 0 Å². The maximum absolute atomic E-state index is 6.50. The van der Waals surface area contributed by atoms with Crippen molar-refractivity contribution in [3.05, 3.63) is 0 Å². The topological polar surface area (TPSA) is 35.2 Å². The molecule has 17 heavy (non-hydrogen) atoms. The van der Waals surface area contributed by atoms with Gasteiger partial charge in [-0.1, -0.05) is 46.0 Å². The van der Waals surface area contributed by atoms with Crippen LogP contribution in [-0.4, -0.2) is 18.2 Å². The first-order valence-electron chi connectivity index (χ1n) is 7.58. The summed E-state index contributed by atoms with van der Waals surface area (Å²) in [6.45, 7) is 7.45. The van der Waals surface area contributed by atoms with E-state index in [9.17, 15) is 0 Å². The molecule has 1 saturated carbocycles. The van der Waals surface area contributed by atoms with Crippen molar-refractivity contribution >= 4 is 0 Å². The smallest absolute Gasteiger partial charge is 0.0832 e. The second-order valence-corrected chi connectivity index (χ2v) is 5.58. The van der Waals surface area contributed by atoms with Crippen molar-refractivity contribution in [1.82, 2.24) is 0 Å². The van der Waals surface area contributed by atoms with Crippen LogP contribution in [0, 0.1) is 5.92 Å². The zero-order valence-electron chi connectivity index (χ0n) is 12.0. The summed E-state index contributed by atoms with van der Waals surface area (Å²) in [5, 5.41) is 0. The van der Waals surface area contributed by atoms with Gasteiger partial charge in [0.25, 0.3) is 0 Å². The van der Waals surface area contributed by atoms with E-state index in [1.807, 2.05) is 0 Å². The molecule has 0 aliphatic heterocycles. The summed E-state index contributed by atoms with van der Waals surface area (Å²) in [6.07, 6.45) is 9.88. The molecular weight excluding hydrogens is 210 g/mol. The molecule has 0 radical (unpaired) electrons. The van der Waals surface area contributed by atoms with E-state index in [0.717, 1.165) is 18.9 Å². The van der Waals surface area contributed by atoms with Crippen molar-refractivity contribution < 1.29 is 4.74 Å². The van der Waals surface area contributed by atoms with E-state index in [0.29, 0.717) is 0 Å². The van der Waals surface area contributed by atoms with Crippen LogP contribution < -0.4 is 5.73 Å². The number of nitrogens with two attached hydrogens (primary N) is 1. The Kier molecular flexibility index (Phi) is 6.50. The van der Waals surface area contributed by atoms with Gasteiger partial charge in [-0.05, 0) is 32.1 Å². The lowest BCUT2D eigenvalue weighted by Gasteiger charge is -2.42. The molecule has 0 spiro atoms. The molecule has 0 heterocycles. The zero-order chi connectivity index (χ0) is 12.7. The largest absolute Gasteiger partial charge is 0.374 e. The van der Waals surface area contributed by atoms with Crippen LogP contribution in [0.4, 0.5) is 0 Å². The molecule has 0 bridgehead atoms. The molecular formula is C15H31NO. The minimum Gasteiger partial charge on any atom is -0.374 e. The van der Waals surface area contributed by atoms with E-state index >= 15 is 0 Å². The van der Waals surface area contributed by atoms with Gasteiger partial charge in [0, 0.05) is 12.6 Å². The van der Waals surface area contributed by atoms with Crippen LogP contribution in [0.25, 0.3) is 0 Å². The van der Waals surface area contributed by atoms with Gasteiger partial charge in [-0.3, -0.25) is 0 Å². The van der Waals surface area contributed by atoms with Crippen molar-refractivity contribution in [2.75, 3.05) is 6.61 Å². The minimum absolute atomic E-state index is 0.00437. The van der Waals surface area contributed by atoms with Gasteiger partial charge in [0.15, 0.2) is 0 Å². The maximum Gasteiger partial charge on any atom is 0.0832 e. The van der Waals surface area contributed by atoms with Gasteiger partial charge >= 0.3 is 0 Å². The molecule has 0 aromatic heterocycles. The summed E-state index contributed by atoms with van der Waals surface area (Å²) < 4.78 is 6.10. The summed E-state index contributed by atoms with van der Waals surface area (Å²) >= 11 is 0. The monoisotopic (exact) mass is 241 g/mol. The first-order valence-corrected chi connectivity index (χ1v) is 7.58. The van der Waals surface area contributed by atoms with Crippen LogP contribution >= 0.6 is 0 Å². The first-order chi connectivity index (χ1) is 8.18. The Labute approximate surface area is 107 Å². The molecule has 1 atom stereocenters. The third kappa shape index (κ3) is 3.96. The summed E-state index contributed by atoms with van der Waals surface area (Å²) in [5.41, 5.74) is 6.49. The number of rotatable bonds is 7. The predicted octanol–water partition coefficient (Wildman–Crippen LogP) is 3.88. The highest BCUT2D eigenvalue weighted by molar-refractivity contribution is 4.94. The summed E-state index contributed by atoms with van der Waals surface area (Å²) in [5.74, 6) is 0.768. The highest BCUT2D eigenvalue weighted by Gasteiger charge is 2.39. The van der Waals surface area contributed by atoms with Crippen LogP contribution in [0.2, 0.25) is 0 Å². The van der Waals surface area contributed by atoms with Crippen molar-refractivity contribution in [2.45, 2.75) is 83.8 Å². The van der Waals surface area contributed by atoms with Gasteiger partial charge < -0.3 is 10.5 Å². The second-order valence-electron chi connectivity index (χ2n) is 5.58. The highest BCUT2D eigenvalue weighted by Crippen LogP contribution is 2.36. The molecule has 2 N–H and O–H groups in total. The Balaban J connectivity index is 2.61. The summed E-state index contributed by atoms with van der Waals surface area (Å²) in [6, 6.07) is 0.229. The molecule has 0 aromatic carbocycles. The quantitative estimate of drug-likeness (QED) is 0.734. The lowest BCUT2D eigenvalue weighted by atomic mass is 9.76. The highest BCUT2D eigenvalue weighted by atomic mass is 16.5. The minimum atomic E-state index is -0.00437. The average Bonchev–Trinajstić information content (AvgIpc) is 2.37. The number of hydrogen-bond donors (Lipinski definition) is 1. The Bertz CT molecular complexity index is 190. The maximum atomic E-state index is 6.50. The molecule has 1 rings (SSSR count). The average molecular weight is 241 g/mol. The fourth-order valence-corrected chi connectivity index (χ4v) is 3.26. The van der Waals surface area contributed by atoms with E-state index in [1.165, 1.54) is 44.9 Å². The fraction of sp³-hybridized carbons (Fsp3) is 1.00. The van der Waals surface area contributed by atoms with E-state index < -0.39 is 0 Å². The third-order valence-electron chi connectivity index (χ3n) is 4.55. The molecule has 0 saturated heterocycles. The molecule has 0 aromatic rings. The van der Waals surface area contributed by atoms with Crippen LogP contribution in [-0.2, 0) is 4.74 Å². The van der Waals surface area contributed by atoms with Crippen molar-refractivity contribution in [3.8, 4) is 0 Å². The second kappa shape index (κ2) is 7.38. The third-order valence-corrected chi connectivity index (χ3v) is 4.55. The molecule has 2 nitrogen and oxygen atoms in total. The van der Waals surface area contributed by atoms with Crippen LogP contribution in [0.1, 0.15) is 72.1 Å². The number of hydrogen-bond acceptors (Lipinski definition) is 2. The molecule has 0 amide bonds. The first kappa shape index (κ1) is 15.0. The van der Waals surface area contributed by atoms with Gasteiger partial charge in [0.1, 0.15) is 0 Å². The Morgan fingerprint density at radius 2 is 1.65 bits per heavy atom. The zero-order valence-corrected chi connectivity index (χ0v) is 12.0. The lowest BCUT2D eigenvalue weighted by molar-refractivity contribution is -0.0860. The van der Waals surface area contributed by atoms with Crippen molar-refractivity contribution in [3.63, 3.8) is 0 Å². The Morgan fingerprint density at radius 1 is 1.06 bits per heavy atom. The standard InChI is InChI=1S/C15H31NO/c1-4-13(5-2)12-14(16)15(17-6-3)10-8-7-9-11-15/h13-14H,4-12,16H2,1-3H3. The molecule has 1 aliphatic carbocycles. The normalized spacial score (nSPS) is 21.7. The van der Waals surface area contributed by atoms with Gasteiger partial charge in [0.2, 0.25) is 0 Å². The Morgan fingerprint density at radius 3 is 2.12 bits per heavy atom. The summed E-state index contributed by atoms with van der Waals surface area (Å²) in [7, 11) is 0. The molecule has 2 heteroatoms. The van der Waals surface area contributed by atoms with Gasteiger partial charge in [-0.15, -0.1) is 0 Å². The lowest BCUT2D eigenvalue weighted by Crippen LogP contribution is -2.52. The van der Waals surface area contributed by atoms with E-state index in [2.05, 4.69) is 20.8 Å². The predicted molar refractivity (Wildman–Crippen MR) is 74.1 cm³/mol. The van der Waals surface area contributed by atoms with Crippen LogP contribution in [0.3, 0.4) is 0 Å². The fourth-order valence-electron chi connectivity index (χ4n) is 3.26. The molecule has 1 unspecified atom stereocenters.